The van der Waals surface area contributed by atoms with E-state index in [1.165, 1.54) is 4.31 Å². The molecule has 0 aromatic heterocycles. The molecule has 0 fully saturated rings. The predicted molar refractivity (Wildman–Crippen MR) is 83.0 cm³/mol. The first-order valence-electron chi connectivity index (χ1n) is 7.25. The van der Waals surface area contributed by atoms with E-state index in [-0.39, 0.29) is 17.5 Å². The van der Waals surface area contributed by atoms with E-state index in [4.69, 9.17) is 9.84 Å². The van der Waals surface area contributed by atoms with Crippen molar-refractivity contribution in [1.82, 2.24) is 4.31 Å². The van der Waals surface area contributed by atoms with Crippen molar-refractivity contribution in [3.8, 4) is 5.75 Å². The van der Waals surface area contributed by atoms with Crippen LogP contribution in [0.3, 0.4) is 0 Å². The van der Waals surface area contributed by atoms with Crippen LogP contribution < -0.4 is 4.74 Å². The molecule has 0 radical (unpaired) electrons. The number of ether oxygens (including phenoxy) is 1. The molecule has 1 aromatic carbocycles. The second kappa shape index (κ2) is 8.36. The lowest BCUT2D eigenvalue weighted by Gasteiger charge is -2.24. The highest BCUT2D eigenvalue weighted by Crippen LogP contribution is 2.21. The Hall–Kier alpha value is -1.11. The van der Waals surface area contributed by atoms with Gasteiger partial charge in [0.15, 0.2) is 0 Å². The number of aliphatic hydroxyl groups excluding tert-OH is 1. The van der Waals surface area contributed by atoms with E-state index in [0.717, 1.165) is 12.8 Å². The molecule has 0 saturated heterocycles. The van der Waals surface area contributed by atoms with Crippen molar-refractivity contribution in [2.45, 2.75) is 44.0 Å². The molecule has 0 amide bonds. The van der Waals surface area contributed by atoms with Crippen LogP contribution in [-0.2, 0) is 10.0 Å². The Balaban J connectivity index is 2.79. The van der Waals surface area contributed by atoms with Gasteiger partial charge in [0, 0.05) is 26.1 Å². The summed E-state index contributed by atoms with van der Waals surface area (Å²) in [4.78, 5) is 0.266. The van der Waals surface area contributed by atoms with E-state index < -0.39 is 10.0 Å². The van der Waals surface area contributed by atoms with Crippen LogP contribution in [0.1, 0.15) is 33.1 Å². The lowest BCUT2D eigenvalue weighted by Crippen LogP contribution is -2.34. The molecule has 0 spiro atoms. The van der Waals surface area contributed by atoms with Crippen molar-refractivity contribution >= 4 is 10.0 Å². The van der Waals surface area contributed by atoms with Crippen LogP contribution in [0.5, 0.6) is 5.75 Å². The zero-order valence-corrected chi connectivity index (χ0v) is 13.8. The molecule has 0 bridgehead atoms. The van der Waals surface area contributed by atoms with Gasteiger partial charge in [-0.15, -0.1) is 0 Å². The van der Waals surface area contributed by atoms with E-state index in [2.05, 4.69) is 0 Å². The van der Waals surface area contributed by atoms with Gasteiger partial charge in [0.25, 0.3) is 0 Å². The first kappa shape index (κ1) is 17.9. The van der Waals surface area contributed by atoms with Gasteiger partial charge in [0.1, 0.15) is 5.75 Å². The maximum Gasteiger partial charge on any atom is 0.243 e. The van der Waals surface area contributed by atoms with Crippen molar-refractivity contribution in [3.63, 3.8) is 0 Å². The molecule has 1 N–H and O–H groups in total. The van der Waals surface area contributed by atoms with Gasteiger partial charge in [-0.2, -0.15) is 4.31 Å². The van der Waals surface area contributed by atoms with Crippen molar-refractivity contribution in [3.05, 3.63) is 24.3 Å². The Morgan fingerprint density at radius 2 is 1.90 bits per heavy atom. The predicted octanol–water partition coefficient (Wildman–Crippen LogP) is 2.26. The second-order valence-electron chi connectivity index (χ2n) is 5.06. The lowest BCUT2D eigenvalue weighted by atomic mass is 10.2. The van der Waals surface area contributed by atoms with Crippen LogP contribution in [0.25, 0.3) is 0 Å². The van der Waals surface area contributed by atoms with Gasteiger partial charge >= 0.3 is 0 Å². The van der Waals surface area contributed by atoms with Crippen molar-refractivity contribution in [2.75, 3.05) is 20.3 Å². The minimum Gasteiger partial charge on any atom is -0.494 e. The average Bonchev–Trinajstić information content (AvgIpc) is 2.47. The molecule has 0 aliphatic rings. The standard InChI is InChI=1S/C15H25NO4S/c1-4-6-13(2)16(3)21(18,19)15-9-7-14(8-10-15)20-12-5-11-17/h7-10,13,17H,4-6,11-12H2,1-3H3. The zero-order valence-electron chi connectivity index (χ0n) is 12.9. The summed E-state index contributed by atoms with van der Waals surface area (Å²) in [5.74, 6) is 0.603. The molecule has 1 aromatic rings. The van der Waals surface area contributed by atoms with E-state index in [0.29, 0.717) is 18.8 Å². The Kier molecular flexibility index (Phi) is 7.14. The van der Waals surface area contributed by atoms with Crippen LogP contribution in [0.2, 0.25) is 0 Å². The highest BCUT2D eigenvalue weighted by molar-refractivity contribution is 7.89. The summed E-state index contributed by atoms with van der Waals surface area (Å²) in [5, 5.41) is 8.69. The van der Waals surface area contributed by atoms with Crippen LogP contribution in [-0.4, -0.2) is 44.1 Å². The summed E-state index contributed by atoms with van der Waals surface area (Å²) < 4.78 is 31.8. The fourth-order valence-corrected chi connectivity index (χ4v) is 3.36. The third kappa shape index (κ3) is 4.98. The largest absolute Gasteiger partial charge is 0.494 e. The van der Waals surface area contributed by atoms with Crippen molar-refractivity contribution in [2.24, 2.45) is 0 Å². The fourth-order valence-electron chi connectivity index (χ4n) is 1.97. The smallest absolute Gasteiger partial charge is 0.243 e. The number of hydrogen-bond acceptors (Lipinski definition) is 4. The topological polar surface area (TPSA) is 66.8 Å². The molecule has 6 heteroatoms. The van der Waals surface area contributed by atoms with E-state index >= 15 is 0 Å². The van der Waals surface area contributed by atoms with Crippen molar-refractivity contribution < 1.29 is 18.3 Å². The van der Waals surface area contributed by atoms with Crippen LogP contribution in [0.4, 0.5) is 0 Å². The summed E-state index contributed by atoms with van der Waals surface area (Å²) in [6.45, 7) is 4.44. The number of benzene rings is 1. The highest BCUT2D eigenvalue weighted by atomic mass is 32.2. The first-order valence-corrected chi connectivity index (χ1v) is 8.69. The molecule has 5 nitrogen and oxygen atoms in total. The molecule has 120 valence electrons. The monoisotopic (exact) mass is 315 g/mol. The maximum atomic E-state index is 12.5. The van der Waals surface area contributed by atoms with Crippen molar-refractivity contribution in [1.29, 1.82) is 0 Å². The van der Waals surface area contributed by atoms with Crippen LogP contribution in [0.15, 0.2) is 29.2 Å². The minimum absolute atomic E-state index is 0.0273. The summed E-state index contributed by atoms with van der Waals surface area (Å²) in [6.07, 6.45) is 2.33. The third-order valence-electron chi connectivity index (χ3n) is 3.40. The van der Waals surface area contributed by atoms with E-state index in [9.17, 15) is 8.42 Å². The van der Waals surface area contributed by atoms with Crippen LogP contribution in [0, 0.1) is 0 Å². The molecular formula is C15H25NO4S. The van der Waals surface area contributed by atoms with E-state index in [1.54, 1.807) is 31.3 Å². The normalized spacial score (nSPS) is 13.4. The summed E-state index contributed by atoms with van der Waals surface area (Å²) >= 11 is 0. The summed E-state index contributed by atoms with van der Waals surface area (Å²) in [5.41, 5.74) is 0. The zero-order chi connectivity index (χ0) is 15.9. The molecule has 0 heterocycles. The van der Waals surface area contributed by atoms with Gasteiger partial charge in [-0.05, 0) is 37.6 Å². The van der Waals surface area contributed by atoms with Gasteiger partial charge in [-0.25, -0.2) is 8.42 Å². The summed E-state index contributed by atoms with van der Waals surface area (Å²) in [7, 11) is -1.85. The Morgan fingerprint density at radius 1 is 1.29 bits per heavy atom. The molecule has 21 heavy (non-hydrogen) atoms. The highest BCUT2D eigenvalue weighted by Gasteiger charge is 2.24. The molecule has 0 aliphatic carbocycles. The second-order valence-corrected chi connectivity index (χ2v) is 7.05. The molecule has 0 aliphatic heterocycles. The fraction of sp³-hybridized carbons (Fsp3) is 0.600. The average molecular weight is 315 g/mol. The van der Waals surface area contributed by atoms with Gasteiger partial charge < -0.3 is 9.84 Å². The third-order valence-corrected chi connectivity index (χ3v) is 5.39. The Bertz CT molecular complexity index is 513. The van der Waals surface area contributed by atoms with Crippen LogP contribution >= 0.6 is 0 Å². The number of hydrogen-bond donors (Lipinski definition) is 1. The molecule has 1 rings (SSSR count). The Morgan fingerprint density at radius 3 is 2.43 bits per heavy atom. The summed E-state index contributed by atoms with van der Waals surface area (Å²) in [6, 6.07) is 6.36. The lowest BCUT2D eigenvalue weighted by molar-refractivity contribution is 0.233. The number of nitrogens with zero attached hydrogens (tertiary/aromatic N) is 1. The van der Waals surface area contributed by atoms with Gasteiger partial charge in [0.2, 0.25) is 10.0 Å². The van der Waals surface area contributed by atoms with Gasteiger partial charge in [-0.1, -0.05) is 13.3 Å². The van der Waals surface area contributed by atoms with Gasteiger partial charge in [0.05, 0.1) is 11.5 Å². The SMILES string of the molecule is CCCC(C)N(C)S(=O)(=O)c1ccc(OCCCO)cc1. The molecule has 0 saturated carbocycles. The number of rotatable bonds is 9. The number of aliphatic hydroxyl groups is 1. The minimum atomic E-state index is -3.46. The molecular weight excluding hydrogens is 290 g/mol. The van der Waals surface area contributed by atoms with Gasteiger partial charge in [-0.3, -0.25) is 0 Å². The quantitative estimate of drug-likeness (QED) is 0.710. The first-order chi connectivity index (χ1) is 9.93. The Labute approximate surface area is 127 Å². The molecule has 1 unspecified atom stereocenters. The maximum absolute atomic E-state index is 12.5. The molecule has 1 atom stereocenters. The number of sulfonamides is 1. The van der Waals surface area contributed by atoms with E-state index in [1.807, 2.05) is 13.8 Å².